The van der Waals surface area contributed by atoms with Crippen LogP contribution in [0, 0.1) is 5.92 Å². The normalized spacial score (nSPS) is 16.3. The van der Waals surface area contributed by atoms with E-state index in [4.69, 9.17) is 4.74 Å². The van der Waals surface area contributed by atoms with E-state index >= 15 is 0 Å². The van der Waals surface area contributed by atoms with Crippen LogP contribution in [0.25, 0.3) is 0 Å². The molecule has 1 aromatic carbocycles. The van der Waals surface area contributed by atoms with E-state index in [0.717, 1.165) is 37.8 Å². The average molecular weight is 327 g/mol. The molecule has 1 N–H and O–H groups in total. The zero-order chi connectivity index (χ0) is 14.9. The van der Waals surface area contributed by atoms with Crippen LogP contribution in [0.3, 0.4) is 0 Å². The zero-order valence-corrected chi connectivity index (χ0v) is 14.8. The SMILES string of the molecule is CCCOc1cccc(CN2CCC(CCNC)CC2)c1.Cl. The van der Waals surface area contributed by atoms with Crippen molar-refractivity contribution in [3.05, 3.63) is 29.8 Å². The van der Waals surface area contributed by atoms with Gasteiger partial charge in [0.1, 0.15) is 5.75 Å². The van der Waals surface area contributed by atoms with Gasteiger partial charge in [-0.05, 0) is 76.0 Å². The molecule has 0 bridgehead atoms. The Labute approximate surface area is 141 Å². The molecule has 0 atom stereocenters. The Bertz CT molecular complexity index is 406. The van der Waals surface area contributed by atoms with Gasteiger partial charge in [0.2, 0.25) is 0 Å². The molecular weight excluding hydrogens is 296 g/mol. The first kappa shape index (κ1) is 19.3. The third-order valence-electron chi connectivity index (χ3n) is 4.29. The van der Waals surface area contributed by atoms with Crippen molar-refractivity contribution < 1.29 is 4.74 Å². The summed E-state index contributed by atoms with van der Waals surface area (Å²) in [5.41, 5.74) is 1.37. The van der Waals surface area contributed by atoms with Gasteiger partial charge >= 0.3 is 0 Å². The van der Waals surface area contributed by atoms with Crippen LogP contribution < -0.4 is 10.1 Å². The molecule has 1 saturated heterocycles. The molecule has 0 amide bonds. The first-order valence-electron chi connectivity index (χ1n) is 8.40. The predicted octanol–water partition coefficient (Wildman–Crippen LogP) is 3.72. The van der Waals surface area contributed by atoms with Crippen LogP contribution in [0.4, 0.5) is 0 Å². The molecule has 0 saturated carbocycles. The van der Waals surface area contributed by atoms with E-state index in [0.29, 0.717) is 0 Å². The van der Waals surface area contributed by atoms with Crippen LogP contribution in [0.15, 0.2) is 24.3 Å². The smallest absolute Gasteiger partial charge is 0.119 e. The van der Waals surface area contributed by atoms with Gasteiger partial charge in [-0.15, -0.1) is 12.4 Å². The van der Waals surface area contributed by atoms with Gasteiger partial charge in [-0.2, -0.15) is 0 Å². The maximum Gasteiger partial charge on any atom is 0.119 e. The van der Waals surface area contributed by atoms with Crippen LogP contribution in [0.2, 0.25) is 0 Å². The van der Waals surface area contributed by atoms with E-state index in [1.165, 1.54) is 37.9 Å². The topological polar surface area (TPSA) is 24.5 Å². The number of benzene rings is 1. The quantitative estimate of drug-likeness (QED) is 0.788. The minimum Gasteiger partial charge on any atom is -0.494 e. The summed E-state index contributed by atoms with van der Waals surface area (Å²) >= 11 is 0. The summed E-state index contributed by atoms with van der Waals surface area (Å²) in [6.07, 6.45) is 5.07. The highest BCUT2D eigenvalue weighted by atomic mass is 35.5. The highest BCUT2D eigenvalue weighted by molar-refractivity contribution is 5.85. The zero-order valence-electron chi connectivity index (χ0n) is 14.0. The van der Waals surface area contributed by atoms with E-state index in [1.807, 2.05) is 7.05 Å². The number of hydrogen-bond acceptors (Lipinski definition) is 3. The lowest BCUT2D eigenvalue weighted by molar-refractivity contribution is 0.172. The molecular formula is C18H31ClN2O. The van der Waals surface area contributed by atoms with Gasteiger partial charge < -0.3 is 10.1 Å². The van der Waals surface area contributed by atoms with Crippen molar-refractivity contribution >= 4 is 12.4 Å². The summed E-state index contributed by atoms with van der Waals surface area (Å²) < 4.78 is 5.72. The number of halogens is 1. The molecule has 126 valence electrons. The Morgan fingerprint density at radius 3 is 2.73 bits per heavy atom. The second-order valence-electron chi connectivity index (χ2n) is 6.11. The molecule has 1 fully saturated rings. The third-order valence-corrected chi connectivity index (χ3v) is 4.29. The van der Waals surface area contributed by atoms with E-state index in [1.54, 1.807) is 0 Å². The van der Waals surface area contributed by atoms with E-state index < -0.39 is 0 Å². The molecule has 0 aromatic heterocycles. The van der Waals surface area contributed by atoms with Gasteiger partial charge in [0.05, 0.1) is 6.61 Å². The lowest BCUT2D eigenvalue weighted by Crippen LogP contribution is -2.34. The Balaban J connectivity index is 0.00000242. The molecule has 0 radical (unpaired) electrons. The number of rotatable bonds is 8. The molecule has 0 spiro atoms. The fraction of sp³-hybridized carbons (Fsp3) is 0.667. The Hall–Kier alpha value is -0.770. The summed E-state index contributed by atoms with van der Waals surface area (Å²) in [7, 11) is 2.04. The number of ether oxygens (including phenoxy) is 1. The van der Waals surface area contributed by atoms with Gasteiger partial charge in [-0.25, -0.2) is 0 Å². The van der Waals surface area contributed by atoms with Crippen molar-refractivity contribution in [3.63, 3.8) is 0 Å². The van der Waals surface area contributed by atoms with Crippen LogP contribution in [0.1, 0.15) is 38.2 Å². The molecule has 22 heavy (non-hydrogen) atoms. The summed E-state index contributed by atoms with van der Waals surface area (Å²) in [4.78, 5) is 2.58. The average Bonchev–Trinajstić information content (AvgIpc) is 2.53. The number of likely N-dealkylation sites (tertiary alicyclic amines) is 1. The second-order valence-corrected chi connectivity index (χ2v) is 6.11. The van der Waals surface area contributed by atoms with E-state index in [-0.39, 0.29) is 12.4 Å². The molecule has 0 aliphatic carbocycles. The number of nitrogens with one attached hydrogen (secondary N) is 1. The maximum absolute atomic E-state index is 5.72. The largest absolute Gasteiger partial charge is 0.494 e. The summed E-state index contributed by atoms with van der Waals surface area (Å²) in [5, 5.41) is 3.26. The van der Waals surface area contributed by atoms with Crippen LogP contribution in [-0.2, 0) is 6.54 Å². The van der Waals surface area contributed by atoms with Crippen molar-refractivity contribution in [1.29, 1.82) is 0 Å². The highest BCUT2D eigenvalue weighted by Gasteiger charge is 2.18. The molecule has 3 nitrogen and oxygen atoms in total. The summed E-state index contributed by atoms with van der Waals surface area (Å²) in [5.74, 6) is 1.92. The van der Waals surface area contributed by atoms with Crippen LogP contribution in [-0.4, -0.2) is 38.2 Å². The molecule has 2 rings (SSSR count). The Morgan fingerprint density at radius 2 is 2.05 bits per heavy atom. The van der Waals surface area contributed by atoms with Crippen molar-refractivity contribution in [1.82, 2.24) is 10.2 Å². The molecule has 1 aromatic rings. The van der Waals surface area contributed by atoms with Crippen molar-refractivity contribution in [2.45, 2.75) is 39.2 Å². The van der Waals surface area contributed by atoms with Gasteiger partial charge in [0.15, 0.2) is 0 Å². The second kappa shape index (κ2) is 10.9. The lowest BCUT2D eigenvalue weighted by Gasteiger charge is -2.32. The maximum atomic E-state index is 5.72. The lowest BCUT2D eigenvalue weighted by atomic mass is 9.93. The Kier molecular flexibility index (Phi) is 9.53. The fourth-order valence-corrected chi connectivity index (χ4v) is 2.99. The van der Waals surface area contributed by atoms with Gasteiger partial charge in [0.25, 0.3) is 0 Å². The molecule has 1 heterocycles. The Morgan fingerprint density at radius 1 is 1.27 bits per heavy atom. The van der Waals surface area contributed by atoms with Crippen LogP contribution >= 0.6 is 12.4 Å². The molecule has 1 aliphatic heterocycles. The minimum atomic E-state index is 0. The van der Waals surface area contributed by atoms with Crippen molar-refractivity contribution in [3.8, 4) is 5.75 Å². The molecule has 0 unspecified atom stereocenters. The standard InChI is InChI=1S/C18H30N2O.ClH/c1-3-13-21-18-6-4-5-17(14-18)15-20-11-8-16(9-12-20)7-10-19-2;/h4-6,14,16,19H,3,7-13,15H2,1-2H3;1H. The molecule has 4 heteroatoms. The fourth-order valence-electron chi connectivity index (χ4n) is 2.99. The third kappa shape index (κ3) is 6.55. The van der Waals surface area contributed by atoms with Gasteiger partial charge in [0, 0.05) is 6.54 Å². The number of hydrogen-bond donors (Lipinski definition) is 1. The van der Waals surface area contributed by atoms with Crippen molar-refractivity contribution in [2.75, 3.05) is 33.3 Å². The summed E-state index contributed by atoms with van der Waals surface area (Å²) in [6, 6.07) is 8.58. The minimum absolute atomic E-state index is 0. The summed E-state index contributed by atoms with van der Waals surface area (Å²) in [6.45, 7) is 7.62. The van der Waals surface area contributed by atoms with Gasteiger partial charge in [-0.3, -0.25) is 4.90 Å². The van der Waals surface area contributed by atoms with E-state index in [9.17, 15) is 0 Å². The number of nitrogens with zero attached hydrogens (tertiary/aromatic N) is 1. The molecule has 1 aliphatic rings. The van der Waals surface area contributed by atoms with E-state index in [2.05, 4.69) is 41.4 Å². The van der Waals surface area contributed by atoms with Gasteiger partial charge in [-0.1, -0.05) is 19.1 Å². The van der Waals surface area contributed by atoms with Crippen LogP contribution in [0.5, 0.6) is 5.75 Å². The highest BCUT2D eigenvalue weighted by Crippen LogP contribution is 2.22. The van der Waals surface area contributed by atoms with Crippen molar-refractivity contribution in [2.24, 2.45) is 5.92 Å². The predicted molar refractivity (Wildman–Crippen MR) is 96.0 cm³/mol. The monoisotopic (exact) mass is 326 g/mol. The first-order valence-corrected chi connectivity index (χ1v) is 8.40. The number of piperidine rings is 1. The first-order chi connectivity index (χ1) is 10.3.